The number of hydrogen-bond acceptors (Lipinski definition) is 10. The van der Waals surface area contributed by atoms with Gasteiger partial charge in [-0.25, -0.2) is 29.9 Å². The first kappa shape index (κ1) is 47.5. The molecule has 8 heterocycles. The third kappa shape index (κ3) is 9.27. The number of rotatable bonds is 11. The number of esters is 1. The highest BCUT2D eigenvalue weighted by molar-refractivity contribution is 6.43. The number of unbranched alkanes of at least 4 members (excludes halogenated alkanes) is 2. The summed E-state index contributed by atoms with van der Waals surface area (Å²) in [5.41, 5.74) is 20.8. The van der Waals surface area contributed by atoms with Crippen LogP contribution in [0.25, 0.3) is 39.0 Å². The van der Waals surface area contributed by atoms with Crippen molar-refractivity contribution in [1.82, 2.24) is 20.2 Å². The van der Waals surface area contributed by atoms with E-state index in [1.165, 1.54) is 11.1 Å². The highest BCUT2D eigenvalue weighted by Gasteiger charge is 2.35. The van der Waals surface area contributed by atoms with Crippen LogP contribution in [0.2, 0.25) is 0 Å². The lowest BCUT2D eigenvalue weighted by molar-refractivity contribution is -0.148. The summed E-state index contributed by atoms with van der Waals surface area (Å²) < 4.78 is 6.19. The molecule has 0 spiro atoms. The first-order valence-corrected chi connectivity index (χ1v) is 27.1. The van der Waals surface area contributed by atoms with E-state index >= 15 is 0 Å². The first-order chi connectivity index (χ1) is 39.0. The van der Waals surface area contributed by atoms with Gasteiger partial charge < -0.3 is 15.0 Å². The minimum Gasteiger partial charge on any atom is -0.462 e. The van der Waals surface area contributed by atoms with E-state index in [1.807, 2.05) is 60.9 Å². The van der Waals surface area contributed by atoms with Gasteiger partial charge in [-0.1, -0.05) is 128 Å². The smallest absolute Gasteiger partial charge is 0.306 e. The molecule has 14 rings (SSSR count). The molecule has 1 N–H and O–H groups in total. The fraction of sp³-hybridized carbons (Fsp3) is 0.116. The third-order valence-electron chi connectivity index (χ3n) is 15.3. The van der Waals surface area contributed by atoms with Crippen LogP contribution < -0.4 is 5.32 Å². The molecule has 7 aliphatic heterocycles. The van der Waals surface area contributed by atoms with E-state index in [9.17, 15) is 4.79 Å². The largest absolute Gasteiger partial charge is 0.462 e. The van der Waals surface area contributed by atoms with Crippen LogP contribution >= 0.6 is 0 Å². The van der Waals surface area contributed by atoms with Gasteiger partial charge in [-0.05, 0) is 130 Å². The molecule has 0 amide bonds. The van der Waals surface area contributed by atoms with Gasteiger partial charge in [-0.2, -0.15) is 0 Å². The highest BCUT2D eigenvalue weighted by Crippen LogP contribution is 2.43. The molecule has 0 fully saturated rings. The number of carbonyl (C=O) groups excluding carboxylic acids is 1. The fourth-order valence-corrected chi connectivity index (χ4v) is 11.5. The number of nitrogens with one attached hydrogen (secondary N) is 1. The summed E-state index contributed by atoms with van der Waals surface area (Å²) >= 11 is 0. The Morgan fingerprint density at radius 2 is 0.962 bits per heavy atom. The molecular formula is C69H52N8O2. The number of ether oxygens (including phenoxy) is 1. The van der Waals surface area contributed by atoms with Crippen molar-refractivity contribution >= 4 is 67.8 Å². The van der Waals surface area contributed by atoms with Gasteiger partial charge in [0.1, 0.15) is 28.9 Å². The van der Waals surface area contributed by atoms with Crippen molar-refractivity contribution in [2.45, 2.75) is 44.6 Å². The first-order valence-electron chi connectivity index (χ1n) is 27.1. The predicted molar refractivity (Wildman–Crippen MR) is 318 cm³/mol. The predicted octanol–water partition coefficient (Wildman–Crippen LogP) is 13.4. The van der Waals surface area contributed by atoms with Crippen LogP contribution in [-0.4, -0.2) is 56.3 Å². The number of hydrogen-bond donors (Lipinski definition) is 1. The monoisotopic (exact) mass is 1020 g/mol. The minimum atomic E-state index is -0.259. The molecule has 8 aliphatic rings. The van der Waals surface area contributed by atoms with Gasteiger partial charge >= 0.3 is 5.97 Å². The van der Waals surface area contributed by atoms with E-state index in [-0.39, 0.29) is 12.1 Å². The number of fused-ring (bicyclic) bond motifs is 9. The van der Waals surface area contributed by atoms with Crippen molar-refractivity contribution in [2.75, 3.05) is 6.54 Å². The second-order valence-electron chi connectivity index (χ2n) is 20.4. The van der Waals surface area contributed by atoms with Crippen molar-refractivity contribution in [3.8, 4) is 0 Å². The van der Waals surface area contributed by atoms with Crippen molar-refractivity contribution in [1.29, 1.82) is 0 Å². The number of aliphatic imine (C=N–C) groups is 4. The van der Waals surface area contributed by atoms with E-state index in [0.29, 0.717) is 42.1 Å². The fourth-order valence-electron chi connectivity index (χ4n) is 11.5. The zero-order valence-corrected chi connectivity index (χ0v) is 43.3. The lowest BCUT2D eigenvalue weighted by Crippen LogP contribution is -2.18. The second kappa shape index (κ2) is 20.5. The van der Waals surface area contributed by atoms with Gasteiger partial charge in [0.05, 0.1) is 45.3 Å². The number of allylic oxidation sites excluding steroid dienone is 16. The Hall–Kier alpha value is -9.93. The van der Waals surface area contributed by atoms with Crippen molar-refractivity contribution in [3.63, 3.8) is 0 Å². The normalized spacial score (nSPS) is 18.5. The molecule has 79 heavy (non-hydrogen) atoms. The maximum atomic E-state index is 13.4. The summed E-state index contributed by atoms with van der Waals surface area (Å²) in [5.74, 6) is -0.153. The molecule has 1 aromatic heterocycles. The van der Waals surface area contributed by atoms with Gasteiger partial charge in [-0.15, -0.1) is 0 Å². The Labute approximate surface area is 458 Å². The van der Waals surface area contributed by atoms with E-state index in [2.05, 4.69) is 168 Å². The molecule has 0 saturated carbocycles. The molecule has 380 valence electrons. The number of carbonyl (C=O) groups is 1. The molecule has 10 nitrogen and oxygen atoms in total. The van der Waals surface area contributed by atoms with Crippen LogP contribution in [0.15, 0.2) is 267 Å². The molecule has 1 aliphatic carbocycles. The maximum absolute atomic E-state index is 13.4. The summed E-state index contributed by atoms with van der Waals surface area (Å²) in [6, 6.07) is 45.7. The van der Waals surface area contributed by atoms with Crippen LogP contribution in [0.5, 0.6) is 0 Å². The Morgan fingerprint density at radius 1 is 0.494 bits per heavy atom. The van der Waals surface area contributed by atoms with Gasteiger partial charge in [-0.3, -0.25) is 4.79 Å². The van der Waals surface area contributed by atoms with Crippen LogP contribution in [0, 0.1) is 0 Å². The SMILES string of the molecule is O=C(CCCCCN1C=CC(=C2C=CNC=C2)C=C1)OC1Cc2cc3nc4c(nc3cc2C1)C1=C(c2ccccc2)C2=NC(=C(c3ccccc3)C3=NC(=C(c5ccccc5)C5=NC(=C(c6ccccc6)C4=N1)C=C5)C=C3)C=C2. The topological polar surface area (TPSA) is 117 Å². The molecule has 0 saturated heterocycles. The lowest BCUT2D eigenvalue weighted by atomic mass is 9.95. The lowest BCUT2D eigenvalue weighted by Gasteiger charge is -2.19. The van der Waals surface area contributed by atoms with Crippen molar-refractivity contribution in [3.05, 3.63) is 292 Å². The summed E-state index contributed by atoms with van der Waals surface area (Å²) in [5, 5.41) is 3.08. The molecule has 8 bridgehead atoms. The Balaban J connectivity index is 0.838. The number of dihydropyridines is 1. The summed E-state index contributed by atoms with van der Waals surface area (Å²) in [7, 11) is 0. The Morgan fingerprint density at radius 3 is 1.51 bits per heavy atom. The molecule has 6 aromatic rings. The van der Waals surface area contributed by atoms with Gasteiger partial charge in [0, 0.05) is 72.9 Å². The highest BCUT2D eigenvalue weighted by atomic mass is 16.5. The van der Waals surface area contributed by atoms with E-state index < -0.39 is 0 Å². The van der Waals surface area contributed by atoms with Crippen LogP contribution in [0.4, 0.5) is 0 Å². The third-order valence-corrected chi connectivity index (χ3v) is 15.3. The Bertz CT molecular complexity index is 4050. The number of benzene rings is 5. The Kier molecular flexibility index (Phi) is 12.4. The minimum absolute atomic E-state index is 0.153. The quantitative estimate of drug-likeness (QED) is 0.102. The zero-order valence-electron chi connectivity index (χ0n) is 43.3. The van der Waals surface area contributed by atoms with Crippen LogP contribution in [-0.2, 0) is 22.4 Å². The van der Waals surface area contributed by atoms with E-state index in [4.69, 9.17) is 34.7 Å². The average molecular weight is 1030 g/mol. The second-order valence-corrected chi connectivity index (χ2v) is 20.4. The molecule has 10 heteroatoms. The standard InChI is InChI=1S/C69H52N8O2/c78-61(24-14-5-15-37-77-38-33-45(34-39-77)44-31-35-70-36-32-44)79-52-40-50-42-59-60(43-51(50)41-52)75-69-67-65(49-22-12-4-13-23-49)58-30-28-56(73-58)63(47-18-8-2-9-19-47)54-26-25-53(71-54)62(46-16-6-1-7-17-46)55-27-29-57(72-55)64(48-20-10-3-11-21-48)66(76-67)68(69)74-59/h1-4,6-13,16-23,25-36,38-39,42-43,52,70H,5,14-15,24,37,40-41H2. The van der Waals surface area contributed by atoms with Gasteiger partial charge in [0.15, 0.2) is 0 Å². The van der Waals surface area contributed by atoms with Crippen LogP contribution in [0.1, 0.15) is 70.5 Å². The molecule has 5 aromatic carbocycles. The number of nitrogens with zero attached hydrogens (tertiary/aromatic N) is 7. The summed E-state index contributed by atoms with van der Waals surface area (Å²) in [6.45, 7) is 0.895. The molecule has 1 unspecified atom stereocenters. The summed E-state index contributed by atoms with van der Waals surface area (Å²) in [4.78, 5) is 48.9. The summed E-state index contributed by atoms with van der Waals surface area (Å²) in [6.07, 6.45) is 33.2. The van der Waals surface area contributed by atoms with Gasteiger partial charge in [0.25, 0.3) is 0 Å². The van der Waals surface area contributed by atoms with E-state index in [0.717, 1.165) is 127 Å². The van der Waals surface area contributed by atoms with E-state index in [1.54, 1.807) is 0 Å². The van der Waals surface area contributed by atoms with Gasteiger partial charge in [0.2, 0.25) is 0 Å². The van der Waals surface area contributed by atoms with Crippen LogP contribution in [0.3, 0.4) is 0 Å². The van der Waals surface area contributed by atoms with Crippen molar-refractivity contribution in [2.24, 2.45) is 20.0 Å². The molecule has 1 atom stereocenters. The zero-order chi connectivity index (χ0) is 52.7. The van der Waals surface area contributed by atoms with Crippen molar-refractivity contribution < 1.29 is 9.53 Å². The maximum Gasteiger partial charge on any atom is 0.306 e. The number of aromatic nitrogens is 2. The average Bonchev–Trinajstić information content (AvgIpc) is 4.35. The molecular weight excluding hydrogens is 973 g/mol. The molecule has 0 radical (unpaired) electrons.